The van der Waals surface area contributed by atoms with Crippen molar-refractivity contribution in [3.05, 3.63) is 23.9 Å². The fourth-order valence-corrected chi connectivity index (χ4v) is 7.79. The Labute approximate surface area is 209 Å². The smallest absolute Gasteiger partial charge is 0.379 e. The topological polar surface area (TPSA) is 66.9 Å². The van der Waals surface area contributed by atoms with Gasteiger partial charge in [-0.15, -0.1) is 0 Å². The van der Waals surface area contributed by atoms with Gasteiger partial charge in [-0.05, 0) is 56.6 Å². The minimum absolute atomic E-state index is 0.0196. The lowest BCUT2D eigenvalue weighted by atomic mass is 9.78. The number of pyridine rings is 1. The molecule has 7 nitrogen and oxygen atoms in total. The van der Waals surface area contributed by atoms with Gasteiger partial charge >= 0.3 is 6.18 Å². The zero-order chi connectivity index (χ0) is 25.1. The predicted octanol–water partition coefficient (Wildman–Crippen LogP) is 3.23. The van der Waals surface area contributed by atoms with E-state index in [1.165, 1.54) is 6.20 Å². The molecule has 0 spiro atoms. The van der Waals surface area contributed by atoms with Gasteiger partial charge in [-0.2, -0.15) is 13.2 Å². The van der Waals surface area contributed by atoms with E-state index in [4.69, 9.17) is 9.47 Å². The second kappa shape index (κ2) is 9.13. The number of piperazine rings is 1. The average Bonchev–Trinajstić information content (AvgIpc) is 3.63. The van der Waals surface area contributed by atoms with Gasteiger partial charge in [0.2, 0.25) is 5.91 Å². The monoisotopic (exact) mass is 508 g/mol. The van der Waals surface area contributed by atoms with Crippen LogP contribution in [-0.2, 0) is 20.4 Å². The molecule has 6 rings (SSSR count). The number of nitrogens with one attached hydrogen (secondary N) is 1. The van der Waals surface area contributed by atoms with Crippen molar-refractivity contribution in [2.75, 3.05) is 38.3 Å². The lowest BCUT2D eigenvalue weighted by Gasteiger charge is -2.40. The summed E-state index contributed by atoms with van der Waals surface area (Å²) < 4.78 is 50.8. The maximum Gasteiger partial charge on any atom is 0.416 e. The van der Waals surface area contributed by atoms with E-state index < -0.39 is 11.7 Å². The van der Waals surface area contributed by atoms with E-state index in [9.17, 15) is 18.0 Å². The third-order valence-corrected chi connectivity index (χ3v) is 9.49. The molecule has 1 amide bonds. The van der Waals surface area contributed by atoms with Gasteiger partial charge in [0.15, 0.2) is 0 Å². The number of hydrogen-bond donors (Lipinski definition) is 1. The van der Waals surface area contributed by atoms with Crippen LogP contribution in [0.1, 0.15) is 50.5 Å². The van der Waals surface area contributed by atoms with Gasteiger partial charge in [-0.25, -0.2) is 4.98 Å². The van der Waals surface area contributed by atoms with Crippen LogP contribution in [0.25, 0.3) is 0 Å². The van der Waals surface area contributed by atoms with E-state index in [0.29, 0.717) is 37.5 Å². The summed E-state index contributed by atoms with van der Waals surface area (Å²) in [6.07, 6.45) is 3.57. The highest BCUT2D eigenvalue weighted by Gasteiger charge is 2.59. The van der Waals surface area contributed by atoms with Crippen LogP contribution >= 0.6 is 0 Å². The van der Waals surface area contributed by atoms with E-state index in [1.807, 2.05) is 4.90 Å². The van der Waals surface area contributed by atoms with E-state index in [-0.39, 0.29) is 35.6 Å². The van der Waals surface area contributed by atoms with Crippen molar-refractivity contribution in [2.45, 2.75) is 81.4 Å². The van der Waals surface area contributed by atoms with Gasteiger partial charge in [-0.3, -0.25) is 4.79 Å². The van der Waals surface area contributed by atoms with Crippen molar-refractivity contribution in [3.63, 3.8) is 0 Å². The molecule has 3 aliphatic heterocycles. The van der Waals surface area contributed by atoms with Gasteiger partial charge < -0.3 is 24.6 Å². The molecule has 10 heteroatoms. The molecule has 3 saturated heterocycles. The summed E-state index contributed by atoms with van der Waals surface area (Å²) in [6.45, 7) is 2.44. The highest BCUT2D eigenvalue weighted by Crippen LogP contribution is 2.56. The predicted molar refractivity (Wildman–Crippen MR) is 126 cm³/mol. The number of anilines is 1. The number of methoxy groups -OCH3 is 1. The first-order valence-electron chi connectivity index (χ1n) is 13.3. The number of carbonyl (C=O) groups excluding carboxylic acids is 1. The highest BCUT2D eigenvalue weighted by atomic mass is 19.4. The highest BCUT2D eigenvalue weighted by molar-refractivity contribution is 5.85. The molecule has 198 valence electrons. The Balaban J connectivity index is 1.13. The fourth-order valence-electron chi connectivity index (χ4n) is 7.79. The van der Waals surface area contributed by atoms with Crippen LogP contribution in [-0.4, -0.2) is 79.5 Å². The standard InChI is InChI=1S/C26H35F3N4O3/c1-35-22-15-36-8-5-21(22)31-18-9-16-3-2-6-25(16,12-18)24(34)33-14-19-11-20(33)13-32(19)23-10-17(4-7-30-23)26(27,28)29/h4,7,10,16,18-22,31H,2-3,5-6,8-9,11-15H2,1H3/t16-,18-,19-,20-,21+,22-,25-/m1/s1. The zero-order valence-electron chi connectivity index (χ0n) is 20.7. The summed E-state index contributed by atoms with van der Waals surface area (Å²) >= 11 is 0. The van der Waals surface area contributed by atoms with E-state index >= 15 is 0 Å². The number of aromatic nitrogens is 1. The first kappa shape index (κ1) is 24.4. The van der Waals surface area contributed by atoms with E-state index in [0.717, 1.165) is 63.7 Å². The second-order valence-electron chi connectivity index (χ2n) is 11.3. The number of fused-ring (bicyclic) bond motifs is 3. The number of likely N-dealkylation sites (tertiary alicyclic amines) is 1. The number of nitrogens with zero attached hydrogens (tertiary/aromatic N) is 3. The van der Waals surface area contributed by atoms with Crippen LogP contribution in [0.15, 0.2) is 18.3 Å². The van der Waals surface area contributed by atoms with Crippen LogP contribution in [0.5, 0.6) is 0 Å². The number of amides is 1. The number of ether oxygens (including phenoxy) is 2. The largest absolute Gasteiger partial charge is 0.416 e. The Morgan fingerprint density at radius 3 is 2.86 bits per heavy atom. The lowest BCUT2D eigenvalue weighted by Crippen LogP contribution is -2.54. The Hall–Kier alpha value is -1.91. The number of halogens is 3. The molecule has 1 aromatic heterocycles. The average molecular weight is 509 g/mol. The molecular formula is C26H35F3N4O3. The van der Waals surface area contributed by atoms with Crippen molar-refractivity contribution in [2.24, 2.45) is 11.3 Å². The molecule has 2 aliphatic carbocycles. The number of hydrogen-bond acceptors (Lipinski definition) is 6. The van der Waals surface area contributed by atoms with Crippen LogP contribution < -0.4 is 10.2 Å². The first-order chi connectivity index (χ1) is 17.3. The molecule has 0 aromatic carbocycles. The Morgan fingerprint density at radius 2 is 2.11 bits per heavy atom. The summed E-state index contributed by atoms with van der Waals surface area (Å²) in [6, 6.07) is 2.74. The normalized spacial score (nSPS) is 38.1. The summed E-state index contributed by atoms with van der Waals surface area (Å²) in [5, 5.41) is 3.81. The first-order valence-corrected chi connectivity index (χ1v) is 13.3. The van der Waals surface area contributed by atoms with Gasteiger partial charge in [0.1, 0.15) is 5.82 Å². The van der Waals surface area contributed by atoms with Crippen LogP contribution in [0.2, 0.25) is 0 Å². The van der Waals surface area contributed by atoms with Gasteiger partial charge in [0, 0.05) is 45.1 Å². The molecule has 1 N–H and O–H groups in total. The van der Waals surface area contributed by atoms with Crippen molar-refractivity contribution in [3.8, 4) is 0 Å². The maximum absolute atomic E-state index is 14.1. The van der Waals surface area contributed by atoms with E-state index in [1.54, 1.807) is 7.11 Å². The second-order valence-corrected chi connectivity index (χ2v) is 11.3. The van der Waals surface area contributed by atoms with Crippen LogP contribution in [0.4, 0.5) is 19.0 Å². The van der Waals surface area contributed by atoms with Crippen molar-refractivity contribution >= 4 is 11.7 Å². The van der Waals surface area contributed by atoms with Gasteiger partial charge in [0.05, 0.1) is 35.8 Å². The zero-order valence-corrected chi connectivity index (χ0v) is 20.7. The molecule has 0 radical (unpaired) electrons. The molecule has 7 atom stereocenters. The van der Waals surface area contributed by atoms with Crippen molar-refractivity contribution in [1.29, 1.82) is 0 Å². The Morgan fingerprint density at radius 1 is 1.25 bits per heavy atom. The summed E-state index contributed by atoms with van der Waals surface area (Å²) in [7, 11) is 1.73. The summed E-state index contributed by atoms with van der Waals surface area (Å²) in [4.78, 5) is 22.3. The summed E-state index contributed by atoms with van der Waals surface area (Å²) in [5.41, 5.74) is -0.990. The van der Waals surface area contributed by atoms with Crippen LogP contribution in [0, 0.1) is 11.3 Å². The minimum atomic E-state index is -4.39. The Kier molecular flexibility index (Phi) is 6.20. The maximum atomic E-state index is 14.1. The molecule has 5 aliphatic rings. The number of rotatable bonds is 5. The van der Waals surface area contributed by atoms with Crippen molar-refractivity contribution in [1.82, 2.24) is 15.2 Å². The number of alkyl halides is 3. The molecule has 36 heavy (non-hydrogen) atoms. The summed E-state index contributed by atoms with van der Waals surface area (Å²) in [5.74, 6) is 1.02. The molecule has 2 bridgehead atoms. The molecule has 2 saturated carbocycles. The molecule has 4 heterocycles. The van der Waals surface area contributed by atoms with Gasteiger partial charge in [-0.1, -0.05) is 6.42 Å². The fraction of sp³-hybridized carbons (Fsp3) is 0.769. The molecule has 1 aromatic rings. The quantitative estimate of drug-likeness (QED) is 0.659. The minimum Gasteiger partial charge on any atom is -0.379 e. The van der Waals surface area contributed by atoms with Crippen molar-refractivity contribution < 1.29 is 27.4 Å². The number of carbonyl (C=O) groups is 1. The third kappa shape index (κ3) is 4.09. The van der Waals surface area contributed by atoms with E-state index in [2.05, 4.69) is 15.2 Å². The molecule has 5 fully saturated rings. The third-order valence-electron chi connectivity index (χ3n) is 9.49. The lowest BCUT2D eigenvalue weighted by molar-refractivity contribution is -0.144. The molecule has 0 unspecified atom stereocenters. The Bertz CT molecular complexity index is 993. The van der Waals surface area contributed by atoms with Gasteiger partial charge in [0.25, 0.3) is 0 Å². The molecular weight excluding hydrogens is 473 g/mol. The van der Waals surface area contributed by atoms with Crippen LogP contribution in [0.3, 0.4) is 0 Å². The SMILES string of the molecule is CO[C@@H]1COCC[C@@H]1N[C@@H]1C[C@H]2CCC[C@@]2(C(=O)N2C[C@H]3C[C@@H]2CN3c2cc(C(F)(F)F)ccn2)C1.